The van der Waals surface area contributed by atoms with E-state index in [9.17, 15) is 9.90 Å². The summed E-state index contributed by atoms with van der Waals surface area (Å²) in [4.78, 5) is 26.3. The monoisotopic (exact) mass is 561 g/mol. The second-order valence-corrected chi connectivity index (χ2v) is 11.7. The van der Waals surface area contributed by atoms with Crippen molar-refractivity contribution >= 4 is 29.3 Å². The molecule has 1 saturated carbocycles. The second kappa shape index (κ2) is 11.0. The summed E-state index contributed by atoms with van der Waals surface area (Å²) in [6.45, 7) is 4.32. The molecule has 0 unspecified atom stereocenters. The van der Waals surface area contributed by atoms with Gasteiger partial charge in [-0.15, -0.1) is 0 Å². The van der Waals surface area contributed by atoms with Gasteiger partial charge in [-0.3, -0.25) is 9.88 Å². The number of piperazine rings is 1. The lowest BCUT2D eigenvalue weighted by Gasteiger charge is -2.40. The number of nitrogens with zero attached hydrogens (tertiary/aromatic N) is 5. The number of carbonyl (C=O) groups excluding carboxylic acids is 1. The average molecular weight is 562 g/mol. The van der Waals surface area contributed by atoms with Crippen LogP contribution in [0.15, 0.2) is 49.1 Å². The zero-order valence-electron chi connectivity index (χ0n) is 23.1. The zero-order valence-corrected chi connectivity index (χ0v) is 23.8. The van der Waals surface area contributed by atoms with Crippen molar-refractivity contribution in [2.45, 2.75) is 56.8 Å². The van der Waals surface area contributed by atoms with Crippen LogP contribution in [-0.4, -0.2) is 67.8 Å². The molecule has 2 aliphatic carbocycles. The van der Waals surface area contributed by atoms with Gasteiger partial charge in [0, 0.05) is 44.4 Å². The first-order chi connectivity index (χ1) is 19.3. The van der Waals surface area contributed by atoms with Crippen LogP contribution in [-0.2, 0) is 17.4 Å². The predicted octanol–water partition coefficient (Wildman–Crippen LogP) is 5.41. The smallest absolute Gasteiger partial charge is 0.410 e. The van der Waals surface area contributed by atoms with Gasteiger partial charge >= 0.3 is 6.09 Å². The fourth-order valence-corrected chi connectivity index (χ4v) is 6.63. The van der Waals surface area contributed by atoms with Crippen molar-refractivity contribution < 1.29 is 14.6 Å². The normalized spacial score (nSPS) is 21.6. The van der Waals surface area contributed by atoms with Crippen LogP contribution < -0.4 is 0 Å². The van der Waals surface area contributed by atoms with Gasteiger partial charge in [0.2, 0.25) is 0 Å². The molecule has 9 heteroatoms. The maximum atomic E-state index is 12.9. The molecule has 0 radical (unpaired) electrons. The van der Waals surface area contributed by atoms with Crippen LogP contribution >= 0.6 is 11.6 Å². The van der Waals surface area contributed by atoms with Crippen LogP contribution in [0.5, 0.6) is 0 Å². The number of carbonyl (C=O) groups is 1. The Labute approximate surface area is 240 Å². The molecule has 2 aromatic heterocycles. The molecule has 40 heavy (non-hydrogen) atoms. The second-order valence-electron chi connectivity index (χ2n) is 11.3. The lowest BCUT2D eigenvalue weighted by molar-refractivity contribution is 0.0292. The number of halogens is 1. The highest BCUT2D eigenvalue weighted by molar-refractivity contribution is 6.30. The van der Waals surface area contributed by atoms with Crippen LogP contribution in [0, 0.1) is 0 Å². The van der Waals surface area contributed by atoms with E-state index in [0.717, 1.165) is 53.6 Å². The number of imidazole rings is 1. The summed E-state index contributed by atoms with van der Waals surface area (Å²) in [6.07, 6.45) is 12.5. The summed E-state index contributed by atoms with van der Waals surface area (Å²) in [5.41, 5.74) is 3.83. The summed E-state index contributed by atoms with van der Waals surface area (Å²) in [5.74, 6) is 0. The lowest BCUT2D eigenvalue weighted by Crippen LogP contribution is -2.50. The molecule has 3 aromatic rings. The van der Waals surface area contributed by atoms with Crippen molar-refractivity contribution in [3.63, 3.8) is 0 Å². The molecule has 1 aliphatic heterocycles. The van der Waals surface area contributed by atoms with Gasteiger partial charge in [-0.25, -0.2) is 9.78 Å². The Morgan fingerprint density at radius 3 is 2.62 bits per heavy atom. The molecule has 3 aliphatic rings. The molecule has 210 valence electrons. The van der Waals surface area contributed by atoms with Gasteiger partial charge in [-0.2, -0.15) is 0 Å². The molecule has 6 rings (SSSR count). The number of benzene rings is 1. The van der Waals surface area contributed by atoms with Gasteiger partial charge in [0.15, 0.2) is 0 Å². The van der Waals surface area contributed by atoms with E-state index in [0.29, 0.717) is 36.9 Å². The Balaban J connectivity index is 1.33. The van der Waals surface area contributed by atoms with Gasteiger partial charge in [0.1, 0.15) is 11.7 Å². The summed E-state index contributed by atoms with van der Waals surface area (Å²) < 4.78 is 7.69. The first-order valence-electron chi connectivity index (χ1n) is 14.2. The van der Waals surface area contributed by atoms with E-state index in [-0.39, 0.29) is 18.2 Å². The minimum Gasteiger partial charge on any atom is -0.446 e. The number of ether oxygens (including phenoxy) is 1. The standard InChI is InChI=1S/C31H36ClN5O3/c1-31(39,27-19-33-20-35(27)2)26-17-21-7-6-12-34-28(21)29(24-11-10-22(32)18-25(24)26)36-13-15-37(16-14-36)30(38)40-23-8-4-3-5-9-23/h6-7,10-12,17-20,23,29,39H,3-5,8-9,13-16H2,1-2H3/t29-,31+/m0/s1. The Kier molecular flexibility index (Phi) is 7.42. The first kappa shape index (κ1) is 27.0. The number of pyridine rings is 1. The number of fused-ring (bicyclic) bond motifs is 2. The zero-order chi connectivity index (χ0) is 27.9. The highest BCUT2D eigenvalue weighted by atomic mass is 35.5. The summed E-state index contributed by atoms with van der Waals surface area (Å²) in [7, 11) is 1.88. The highest BCUT2D eigenvalue weighted by Crippen LogP contribution is 2.46. The third-order valence-corrected chi connectivity index (χ3v) is 8.86. The number of hydrogen-bond donors (Lipinski definition) is 1. The number of aryl methyl sites for hydroxylation is 1. The van der Waals surface area contributed by atoms with Gasteiger partial charge in [-0.05, 0) is 79.1 Å². The number of rotatable bonds is 4. The van der Waals surface area contributed by atoms with Crippen LogP contribution in [0.2, 0.25) is 5.02 Å². The molecule has 3 heterocycles. The fourth-order valence-electron chi connectivity index (χ4n) is 6.46. The fraction of sp³-hybridized carbons (Fsp3) is 0.452. The van der Waals surface area contributed by atoms with E-state index in [1.54, 1.807) is 19.4 Å². The quantitative estimate of drug-likeness (QED) is 0.459. The van der Waals surface area contributed by atoms with Gasteiger partial charge in [-0.1, -0.05) is 30.2 Å². The lowest BCUT2D eigenvalue weighted by atomic mass is 9.84. The minimum absolute atomic E-state index is 0.0468. The third-order valence-electron chi connectivity index (χ3n) is 8.63. The van der Waals surface area contributed by atoms with Crippen molar-refractivity contribution in [2.75, 3.05) is 26.2 Å². The highest BCUT2D eigenvalue weighted by Gasteiger charge is 2.39. The number of aromatic nitrogens is 3. The number of aliphatic hydroxyl groups is 1. The topological polar surface area (TPSA) is 83.7 Å². The summed E-state index contributed by atoms with van der Waals surface area (Å²) in [6, 6.07) is 9.67. The molecule has 0 spiro atoms. The molecular formula is C31H36ClN5O3. The average Bonchev–Trinajstić information content (AvgIpc) is 3.34. The van der Waals surface area contributed by atoms with E-state index in [1.165, 1.54) is 6.42 Å². The largest absolute Gasteiger partial charge is 0.446 e. The minimum atomic E-state index is -1.34. The Morgan fingerprint density at radius 2 is 1.90 bits per heavy atom. The SMILES string of the molecule is Cn1cncc1[C@](C)(O)C1=Cc2cccnc2[C@@H](N2CCN(C(=O)OC3CCCCC3)CC2)c2ccc(Cl)cc21. The maximum absolute atomic E-state index is 12.9. The molecular weight excluding hydrogens is 526 g/mol. The van der Waals surface area contributed by atoms with Crippen LogP contribution in [0.1, 0.15) is 73.1 Å². The predicted molar refractivity (Wildman–Crippen MR) is 155 cm³/mol. The van der Waals surface area contributed by atoms with Gasteiger partial charge in [0.05, 0.1) is 30.0 Å². The third kappa shape index (κ3) is 5.04. The molecule has 1 N–H and O–H groups in total. The van der Waals surface area contributed by atoms with Crippen LogP contribution in [0.4, 0.5) is 4.79 Å². The van der Waals surface area contributed by atoms with Gasteiger partial charge < -0.3 is 19.3 Å². The Hall–Kier alpha value is -3.20. The molecule has 2 fully saturated rings. The van der Waals surface area contributed by atoms with E-state index in [1.807, 2.05) is 59.1 Å². The molecule has 1 saturated heterocycles. The molecule has 1 amide bonds. The number of amides is 1. The van der Waals surface area contributed by atoms with E-state index in [2.05, 4.69) is 9.88 Å². The summed E-state index contributed by atoms with van der Waals surface area (Å²) >= 11 is 6.57. The number of hydrogen-bond acceptors (Lipinski definition) is 6. The van der Waals surface area contributed by atoms with E-state index >= 15 is 0 Å². The van der Waals surface area contributed by atoms with Crippen molar-refractivity contribution in [3.8, 4) is 0 Å². The van der Waals surface area contributed by atoms with Crippen molar-refractivity contribution in [1.82, 2.24) is 24.3 Å². The molecule has 8 nitrogen and oxygen atoms in total. The van der Waals surface area contributed by atoms with Crippen LogP contribution in [0.25, 0.3) is 11.6 Å². The van der Waals surface area contributed by atoms with E-state index < -0.39 is 5.60 Å². The maximum Gasteiger partial charge on any atom is 0.410 e. The van der Waals surface area contributed by atoms with Crippen molar-refractivity contribution in [2.24, 2.45) is 7.05 Å². The van der Waals surface area contributed by atoms with Gasteiger partial charge in [0.25, 0.3) is 0 Å². The van der Waals surface area contributed by atoms with Crippen LogP contribution in [0.3, 0.4) is 0 Å². The van der Waals surface area contributed by atoms with Crippen molar-refractivity contribution in [3.05, 3.63) is 82.2 Å². The Morgan fingerprint density at radius 1 is 1.12 bits per heavy atom. The van der Waals surface area contributed by atoms with E-state index in [4.69, 9.17) is 21.3 Å². The molecule has 0 bridgehead atoms. The molecule has 1 aromatic carbocycles. The first-order valence-corrected chi connectivity index (χ1v) is 14.6. The Bertz CT molecular complexity index is 1420. The summed E-state index contributed by atoms with van der Waals surface area (Å²) in [5, 5.41) is 12.6. The molecule has 2 atom stereocenters. The van der Waals surface area contributed by atoms with Crippen molar-refractivity contribution in [1.29, 1.82) is 0 Å².